The Labute approximate surface area is 121 Å². The Morgan fingerprint density at radius 3 is 2.33 bits per heavy atom. The Bertz CT molecular complexity index is 554. The van der Waals surface area contributed by atoms with Crippen molar-refractivity contribution in [3.63, 3.8) is 0 Å². The number of halogens is 2. The number of nitrogens with one attached hydrogen (secondary N) is 2. The van der Waals surface area contributed by atoms with Crippen LogP contribution in [-0.2, 0) is 4.79 Å². The average molecular weight is 299 g/mol. The first-order valence-electron chi connectivity index (χ1n) is 6.44. The number of benzene rings is 1. The monoisotopic (exact) mass is 299 g/mol. The number of nitrogens with two attached hydrogens (primary N) is 1. The van der Waals surface area contributed by atoms with Gasteiger partial charge in [-0.25, -0.2) is 8.78 Å². The summed E-state index contributed by atoms with van der Waals surface area (Å²) in [6.07, 6.45) is 0.111. The molecule has 1 aromatic rings. The Kier molecular flexibility index (Phi) is 5.37. The van der Waals surface area contributed by atoms with E-state index in [1.165, 1.54) is 0 Å². The quantitative estimate of drug-likeness (QED) is 0.775. The van der Waals surface area contributed by atoms with Crippen LogP contribution in [0.3, 0.4) is 0 Å². The molecule has 21 heavy (non-hydrogen) atoms. The number of hydrogen-bond acceptors (Lipinski definition) is 3. The molecule has 0 saturated heterocycles. The molecule has 1 rings (SSSR count). The van der Waals surface area contributed by atoms with Gasteiger partial charge in [0.25, 0.3) is 5.91 Å². The minimum atomic E-state index is -1.06. The van der Waals surface area contributed by atoms with Crippen LogP contribution in [0.2, 0.25) is 0 Å². The molecule has 0 atom stereocenters. The molecule has 0 aliphatic carbocycles. The number of anilines is 1. The van der Waals surface area contributed by atoms with E-state index in [0.29, 0.717) is 12.6 Å². The van der Waals surface area contributed by atoms with Crippen LogP contribution in [0.4, 0.5) is 14.5 Å². The largest absolute Gasteiger partial charge is 0.366 e. The van der Waals surface area contributed by atoms with Gasteiger partial charge in [0.05, 0.1) is 11.3 Å². The number of carbonyl (C=O) groups excluding carboxylic acids is 2. The van der Waals surface area contributed by atoms with Gasteiger partial charge < -0.3 is 16.4 Å². The predicted molar refractivity (Wildman–Crippen MR) is 75.9 cm³/mol. The van der Waals surface area contributed by atoms with Crippen LogP contribution >= 0.6 is 0 Å². The zero-order valence-corrected chi connectivity index (χ0v) is 12.2. The average Bonchev–Trinajstić information content (AvgIpc) is 2.30. The predicted octanol–water partition coefficient (Wildman–Crippen LogP) is 1.78. The fourth-order valence-electron chi connectivity index (χ4n) is 1.60. The molecule has 0 heterocycles. The van der Waals surface area contributed by atoms with E-state index < -0.39 is 29.0 Å². The summed E-state index contributed by atoms with van der Waals surface area (Å²) in [6.45, 7) is 6.25. The third-order valence-corrected chi connectivity index (χ3v) is 2.60. The van der Waals surface area contributed by atoms with Gasteiger partial charge in [-0.05, 0) is 26.8 Å². The number of rotatable bonds is 5. The van der Waals surface area contributed by atoms with Crippen LogP contribution < -0.4 is 16.4 Å². The van der Waals surface area contributed by atoms with Crippen molar-refractivity contribution in [2.75, 3.05) is 11.9 Å². The highest BCUT2D eigenvalue weighted by molar-refractivity contribution is 5.96. The molecule has 116 valence electrons. The number of carbonyl (C=O) groups is 2. The van der Waals surface area contributed by atoms with Crippen LogP contribution in [0.15, 0.2) is 12.1 Å². The molecule has 0 unspecified atom stereocenters. The van der Waals surface area contributed by atoms with Crippen molar-refractivity contribution in [2.45, 2.75) is 32.7 Å². The maximum absolute atomic E-state index is 13.5. The summed E-state index contributed by atoms with van der Waals surface area (Å²) >= 11 is 0. The van der Waals surface area contributed by atoms with Crippen molar-refractivity contribution in [1.82, 2.24) is 5.32 Å². The normalized spacial score (nSPS) is 11.3. The van der Waals surface area contributed by atoms with E-state index in [-0.39, 0.29) is 17.6 Å². The first-order chi connectivity index (χ1) is 9.60. The van der Waals surface area contributed by atoms with Crippen molar-refractivity contribution >= 4 is 17.5 Å². The standard InChI is InChI=1S/C14H19F2N3O2/c1-14(2,3)18-5-4-12(20)19-11-6-8(13(17)21)9(15)7-10(11)16/h6-7,18H,4-5H2,1-3H3,(H2,17,21)(H,19,20). The summed E-state index contributed by atoms with van der Waals surface area (Å²) in [7, 11) is 0. The molecule has 0 bridgehead atoms. The van der Waals surface area contributed by atoms with Crippen LogP contribution in [0.1, 0.15) is 37.6 Å². The number of amides is 2. The molecular formula is C14H19F2N3O2. The molecule has 0 saturated carbocycles. The van der Waals surface area contributed by atoms with Gasteiger partial charge in [-0.3, -0.25) is 9.59 Å². The van der Waals surface area contributed by atoms with Gasteiger partial charge in [0.15, 0.2) is 0 Å². The third kappa shape index (κ3) is 5.47. The molecule has 5 nitrogen and oxygen atoms in total. The minimum absolute atomic E-state index is 0.111. The summed E-state index contributed by atoms with van der Waals surface area (Å²) in [5, 5.41) is 5.39. The molecule has 7 heteroatoms. The van der Waals surface area contributed by atoms with Crippen LogP contribution in [-0.4, -0.2) is 23.9 Å². The maximum atomic E-state index is 13.5. The van der Waals surface area contributed by atoms with E-state index >= 15 is 0 Å². The molecule has 0 aliphatic rings. The molecule has 0 aliphatic heterocycles. The molecule has 0 spiro atoms. The van der Waals surface area contributed by atoms with E-state index in [4.69, 9.17) is 5.73 Å². The molecule has 2 amide bonds. The van der Waals surface area contributed by atoms with Gasteiger partial charge in [-0.15, -0.1) is 0 Å². The molecule has 0 aromatic heterocycles. The van der Waals surface area contributed by atoms with Crippen molar-refractivity contribution < 1.29 is 18.4 Å². The number of primary amides is 1. The Morgan fingerprint density at radius 2 is 1.81 bits per heavy atom. The Hall–Kier alpha value is -2.02. The Balaban J connectivity index is 2.72. The van der Waals surface area contributed by atoms with E-state index in [0.717, 1.165) is 6.07 Å². The maximum Gasteiger partial charge on any atom is 0.251 e. The van der Waals surface area contributed by atoms with Gasteiger partial charge in [-0.1, -0.05) is 0 Å². The lowest BCUT2D eigenvalue weighted by Crippen LogP contribution is -2.37. The van der Waals surface area contributed by atoms with E-state index in [1.807, 2.05) is 20.8 Å². The summed E-state index contributed by atoms with van der Waals surface area (Å²) in [6, 6.07) is 1.41. The molecule has 1 aromatic carbocycles. The zero-order valence-electron chi connectivity index (χ0n) is 12.2. The number of hydrogen-bond donors (Lipinski definition) is 3. The van der Waals surface area contributed by atoms with Gasteiger partial charge >= 0.3 is 0 Å². The van der Waals surface area contributed by atoms with Gasteiger partial charge in [0, 0.05) is 24.6 Å². The highest BCUT2D eigenvalue weighted by Gasteiger charge is 2.16. The lowest BCUT2D eigenvalue weighted by atomic mass is 10.1. The summed E-state index contributed by atoms with van der Waals surface area (Å²) < 4.78 is 26.8. The van der Waals surface area contributed by atoms with Crippen LogP contribution in [0.5, 0.6) is 0 Å². The fourth-order valence-corrected chi connectivity index (χ4v) is 1.60. The summed E-state index contributed by atoms with van der Waals surface area (Å²) in [4.78, 5) is 22.7. The summed E-state index contributed by atoms with van der Waals surface area (Å²) in [5.74, 6) is -3.51. The highest BCUT2D eigenvalue weighted by atomic mass is 19.1. The third-order valence-electron chi connectivity index (χ3n) is 2.60. The van der Waals surface area contributed by atoms with Gasteiger partial charge in [-0.2, -0.15) is 0 Å². The van der Waals surface area contributed by atoms with Crippen molar-refractivity contribution in [3.8, 4) is 0 Å². The second-order valence-corrected chi connectivity index (χ2v) is 5.65. The zero-order chi connectivity index (χ0) is 16.2. The smallest absolute Gasteiger partial charge is 0.251 e. The fraction of sp³-hybridized carbons (Fsp3) is 0.429. The molecule has 4 N–H and O–H groups in total. The minimum Gasteiger partial charge on any atom is -0.366 e. The highest BCUT2D eigenvalue weighted by Crippen LogP contribution is 2.19. The molecule has 0 radical (unpaired) electrons. The molecular weight excluding hydrogens is 280 g/mol. The van der Waals surface area contributed by atoms with Crippen molar-refractivity contribution in [2.24, 2.45) is 5.73 Å². The van der Waals surface area contributed by atoms with Crippen molar-refractivity contribution in [3.05, 3.63) is 29.3 Å². The van der Waals surface area contributed by atoms with Gasteiger partial charge in [0.1, 0.15) is 11.6 Å². The van der Waals surface area contributed by atoms with E-state index in [9.17, 15) is 18.4 Å². The summed E-state index contributed by atoms with van der Waals surface area (Å²) in [5.41, 5.74) is 4.09. The Morgan fingerprint density at radius 1 is 1.19 bits per heavy atom. The van der Waals surface area contributed by atoms with Crippen molar-refractivity contribution in [1.29, 1.82) is 0 Å². The van der Waals surface area contributed by atoms with Gasteiger partial charge in [0.2, 0.25) is 5.91 Å². The first kappa shape index (κ1) is 17.0. The lowest BCUT2D eigenvalue weighted by Gasteiger charge is -2.20. The topological polar surface area (TPSA) is 84.2 Å². The second-order valence-electron chi connectivity index (χ2n) is 5.65. The van der Waals surface area contributed by atoms with E-state index in [2.05, 4.69) is 10.6 Å². The lowest BCUT2D eigenvalue weighted by molar-refractivity contribution is -0.116. The first-order valence-corrected chi connectivity index (χ1v) is 6.44. The van der Waals surface area contributed by atoms with Crippen LogP contribution in [0.25, 0.3) is 0 Å². The van der Waals surface area contributed by atoms with Crippen LogP contribution in [0, 0.1) is 11.6 Å². The van der Waals surface area contributed by atoms with E-state index in [1.54, 1.807) is 0 Å². The SMILES string of the molecule is CC(C)(C)NCCC(=O)Nc1cc(C(N)=O)c(F)cc1F. The molecule has 0 fully saturated rings. The second kappa shape index (κ2) is 6.62.